The van der Waals surface area contributed by atoms with Crippen LogP contribution in [-0.2, 0) is 4.74 Å². The highest BCUT2D eigenvalue weighted by Crippen LogP contribution is 2.37. The maximum atomic E-state index is 11.6. The Hall–Kier alpha value is -1.46. The zero-order valence-corrected chi connectivity index (χ0v) is 11.8. The van der Waals surface area contributed by atoms with Gasteiger partial charge >= 0.3 is 0 Å². The topological polar surface area (TPSA) is 81.6 Å². The van der Waals surface area contributed by atoms with Crippen molar-refractivity contribution in [2.45, 2.75) is 19.4 Å². The van der Waals surface area contributed by atoms with Crippen LogP contribution in [0.2, 0.25) is 5.02 Å². The van der Waals surface area contributed by atoms with Crippen LogP contribution in [0, 0.1) is 0 Å². The number of ether oxygens (including phenoxy) is 1. The molecule has 0 aliphatic carbocycles. The number of nitrogens with two attached hydrogens (primary N) is 2. The molecule has 1 amide bonds. The first-order chi connectivity index (χ1) is 8.83. The second-order valence-electron chi connectivity index (χ2n) is 5.28. The van der Waals surface area contributed by atoms with Gasteiger partial charge in [0.15, 0.2) is 0 Å². The van der Waals surface area contributed by atoms with Gasteiger partial charge in [-0.25, -0.2) is 0 Å². The van der Waals surface area contributed by atoms with Crippen LogP contribution in [0.5, 0.6) is 0 Å². The van der Waals surface area contributed by atoms with Crippen molar-refractivity contribution in [1.29, 1.82) is 0 Å². The van der Waals surface area contributed by atoms with E-state index < -0.39 is 5.91 Å². The van der Waals surface area contributed by atoms with Crippen molar-refractivity contribution in [3.05, 3.63) is 22.7 Å². The van der Waals surface area contributed by atoms with E-state index in [0.717, 1.165) is 0 Å². The van der Waals surface area contributed by atoms with E-state index in [2.05, 4.69) is 4.90 Å². The molecule has 0 aromatic heterocycles. The summed E-state index contributed by atoms with van der Waals surface area (Å²) in [6.07, 6.45) is 0. The van der Waals surface area contributed by atoms with Crippen molar-refractivity contribution in [2.24, 2.45) is 5.73 Å². The number of hydrogen-bond acceptors (Lipinski definition) is 4. The highest BCUT2D eigenvalue weighted by Gasteiger charge is 2.34. The van der Waals surface area contributed by atoms with Gasteiger partial charge < -0.3 is 21.1 Å². The molecule has 1 aliphatic heterocycles. The molecular formula is C13H18ClN3O2. The predicted molar refractivity (Wildman–Crippen MR) is 76.6 cm³/mol. The summed E-state index contributed by atoms with van der Waals surface area (Å²) in [5.74, 6) is -0.536. The summed E-state index contributed by atoms with van der Waals surface area (Å²) in [7, 11) is 0. The molecule has 1 heterocycles. The van der Waals surface area contributed by atoms with Gasteiger partial charge in [0.05, 0.1) is 35.0 Å². The molecule has 0 radical (unpaired) electrons. The lowest BCUT2D eigenvalue weighted by molar-refractivity contribution is 0.0642. The molecule has 2 rings (SSSR count). The third-order valence-electron chi connectivity index (χ3n) is 3.27. The summed E-state index contributed by atoms with van der Waals surface area (Å²) in [5, 5.41) is 0.434. The molecule has 6 heteroatoms. The van der Waals surface area contributed by atoms with E-state index in [-0.39, 0.29) is 5.54 Å². The smallest absolute Gasteiger partial charge is 0.250 e. The summed E-state index contributed by atoms with van der Waals surface area (Å²) >= 11 is 6.27. The maximum Gasteiger partial charge on any atom is 0.250 e. The van der Waals surface area contributed by atoms with Crippen LogP contribution < -0.4 is 16.4 Å². The lowest BCUT2D eigenvalue weighted by atomic mass is 9.99. The van der Waals surface area contributed by atoms with E-state index in [1.165, 1.54) is 0 Å². The fraction of sp³-hybridized carbons (Fsp3) is 0.462. The second-order valence-corrected chi connectivity index (χ2v) is 5.69. The Balaban J connectivity index is 2.57. The number of primary amides is 1. The number of halogens is 1. The summed E-state index contributed by atoms with van der Waals surface area (Å²) < 4.78 is 5.47. The zero-order chi connectivity index (χ0) is 14.2. The maximum absolute atomic E-state index is 11.6. The fourth-order valence-corrected chi connectivity index (χ4v) is 2.68. The Labute approximate surface area is 117 Å². The largest absolute Gasteiger partial charge is 0.399 e. The molecule has 0 unspecified atom stereocenters. The quantitative estimate of drug-likeness (QED) is 0.809. The SMILES string of the molecule is CC1(C)COCCN1c1c(Cl)cc(N)cc1C(N)=O. The highest BCUT2D eigenvalue weighted by molar-refractivity contribution is 6.34. The lowest BCUT2D eigenvalue weighted by Crippen LogP contribution is -2.53. The average molecular weight is 284 g/mol. The van der Waals surface area contributed by atoms with Gasteiger partial charge in [-0.3, -0.25) is 4.79 Å². The minimum absolute atomic E-state index is 0.262. The van der Waals surface area contributed by atoms with Crippen molar-refractivity contribution in [1.82, 2.24) is 0 Å². The van der Waals surface area contributed by atoms with Crippen LogP contribution in [0.3, 0.4) is 0 Å². The van der Waals surface area contributed by atoms with Gasteiger partial charge in [-0.2, -0.15) is 0 Å². The molecule has 1 fully saturated rings. The van der Waals surface area contributed by atoms with Crippen molar-refractivity contribution >= 4 is 28.9 Å². The molecule has 0 bridgehead atoms. The van der Waals surface area contributed by atoms with Crippen molar-refractivity contribution in [3.8, 4) is 0 Å². The lowest BCUT2D eigenvalue weighted by Gasteiger charge is -2.44. The number of nitrogen functional groups attached to an aromatic ring is 1. The summed E-state index contributed by atoms with van der Waals surface area (Å²) in [6, 6.07) is 3.20. The van der Waals surface area contributed by atoms with Gasteiger partial charge in [0.1, 0.15) is 0 Å². The average Bonchev–Trinajstić information content (AvgIpc) is 2.28. The summed E-state index contributed by atoms with van der Waals surface area (Å²) in [4.78, 5) is 13.7. The molecule has 0 spiro atoms. The van der Waals surface area contributed by atoms with Crippen molar-refractivity contribution in [3.63, 3.8) is 0 Å². The number of rotatable bonds is 2. The van der Waals surface area contributed by atoms with Crippen LogP contribution in [0.25, 0.3) is 0 Å². The van der Waals surface area contributed by atoms with Gasteiger partial charge in [0.25, 0.3) is 5.91 Å². The first kappa shape index (κ1) is 14.0. The Bertz CT molecular complexity index is 517. The minimum atomic E-state index is -0.536. The van der Waals surface area contributed by atoms with E-state index in [1.54, 1.807) is 12.1 Å². The summed E-state index contributed by atoms with van der Waals surface area (Å²) in [6.45, 7) is 5.86. The monoisotopic (exact) mass is 283 g/mol. The number of carbonyl (C=O) groups excluding carboxylic acids is 1. The molecule has 1 aromatic rings. The van der Waals surface area contributed by atoms with Crippen LogP contribution in [0.4, 0.5) is 11.4 Å². The Kier molecular flexibility index (Phi) is 3.60. The van der Waals surface area contributed by atoms with Gasteiger partial charge in [-0.1, -0.05) is 11.6 Å². The van der Waals surface area contributed by atoms with Gasteiger partial charge in [0, 0.05) is 12.2 Å². The number of carbonyl (C=O) groups is 1. The first-order valence-corrected chi connectivity index (χ1v) is 6.45. The molecule has 0 saturated carbocycles. The number of amides is 1. The van der Waals surface area contributed by atoms with Gasteiger partial charge in [-0.15, -0.1) is 0 Å². The van der Waals surface area contributed by atoms with Crippen LogP contribution in [0.1, 0.15) is 24.2 Å². The molecule has 1 aromatic carbocycles. The molecule has 4 N–H and O–H groups in total. The molecule has 1 saturated heterocycles. The fourth-order valence-electron chi connectivity index (χ4n) is 2.36. The van der Waals surface area contributed by atoms with Crippen LogP contribution in [0.15, 0.2) is 12.1 Å². The third-order valence-corrected chi connectivity index (χ3v) is 3.55. The molecule has 1 aliphatic rings. The van der Waals surface area contributed by atoms with E-state index in [9.17, 15) is 4.79 Å². The highest BCUT2D eigenvalue weighted by atomic mass is 35.5. The predicted octanol–water partition coefficient (Wildman–Crippen LogP) is 1.64. The molecule has 5 nitrogen and oxygen atoms in total. The number of hydrogen-bond donors (Lipinski definition) is 2. The third kappa shape index (κ3) is 2.62. The number of anilines is 2. The standard InChI is InChI=1S/C13H18ClN3O2/c1-13(2)7-19-4-3-17(13)11-9(12(16)18)5-8(15)6-10(11)14/h5-6H,3-4,7,15H2,1-2H3,(H2,16,18). The number of nitrogens with zero attached hydrogens (tertiary/aromatic N) is 1. The van der Waals surface area contributed by atoms with E-state index in [0.29, 0.717) is 41.7 Å². The van der Waals surface area contributed by atoms with E-state index in [4.69, 9.17) is 27.8 Å². The van der Waals surface area contributed by atoms with Crippen LogP contribution in [-0.4, -0.2) is 31.2 Å². The van der Waals surface area contributed by atoms with Gasteiger partial charge in [0.2, 0.25) is 0 Å². The molecule has 0 atom stereocenters. The molecule has 104 valence electrons. The van der Waals surface area contributed by atoms with Crippen LogP contribution >= 0.6 is 11.6 Å². The van der Waals surface area contributed by atoms with Crippen molar-refractivity contribution < 1.29 is 9.53 Å². The zero-order valence-electron chi connectivity index (χ0n) is 11.1. The Morgan fingerprint density at radius 1 is 1.47 bits per heavy atom. The van der Waals surface area contributed by atoms with Gasteiger partial charge in [-0.05, 0) is 26.0 Å². The number of benzene rings is 1. The second kappa shape index (κ2) is 4.90. The number of morpholine rings is 1. The van der Waals surface area contributed by atoms with Crippen molar-refractivity contribution in [2.75, 3.05) is 30.4 Å². The molecule has 19 heavy (non-hydrogen) atoms. The Morgan fingerprint density at radius 2 is 2.16 bits per heavy atom. The normalized spacial score (nSPS) is 18.4. The first-order valence-electron chi connectivity index (χ1n) is 6.07. The van der Waals surface area contributed by atoms with E-state index in [1.807, 2.05) is 13.8 Å². The Morgan fingerprint density at radius 3 is 2.74 bits per heavy atom. The summed E-state index contributed by atoms with van der Waals surface area (Å²) in [5.41, 5.74) is 12.3. The van der Waals surface area contributed by atoms with E-state index >= 15 is 0 Å². The molecular weight excluding hydrogens is 266 g/mol. The minimum Gasteiger partial charge on any atom is -0.399 e.